The van der Waals surface area contributed by atoms with Gasteiger partial charge in [0.05, 0.1) is 13.2 Å². The van der Waals surface area contributed by atoms with E-state index in [2.05, 4.69) is 20.0 Å². The second-order valence-corrected chi connectivity index (χ2v) is 4.27. The molecule has 2 aromatic heterocycles. The van der Waals surface area contributed by atoms with Crippen molar-refractivity contribution in [1.82, 2.24) is 19.6 Å². The molecule has 2 rings (SSSR count). The molecule has 0 unspecified atom stereocenters. The molecule has 19 heavy (non-hydrogen) atoms. The first-order chi connectivity index (χ1) is 9.26. The molecule has 2 aromatic rings. The van der Waals surface area contributed by atoms with Crippen molar-refractivity contribution >= 4 is 23.2 Å². The van der Waals surface area contributed by atoms with Gasteiger partial charge in [0.1, 0.15) is 17.3 Å². The van der Waals surface area contributed by atoms with Crippen LogP contribution in [0.25, 0.3) is 5.78 Å². The van der Waals surface area contributed by atoms with Crippen LogP contribution in [0.3, 0.4) is 0 Å². The highest BCUT2D eigenvalue weighted by Crippen LogP contribution is 2.18. The first-order valence-corrected chi connectivity index (χ1v) is 6.23. The Bertz CT molecular complexity index is 525. The van der Waals surface area contributed by atoms with Gasteiger partial charge in [0, 0.05) is 33.4 Å². The maximum atomic E-state index is 6.01. The van der Waals surface area contributed by atoms with Crippen molar-refractivity contribution in [3.63, 3.8) is 0 Å². The lowest BCUT2D eigenvalue weighted by atomic mass is 10.4. The Balaban J connectivity index is 2.33. The number of methoxy groups -OCH3 is 2. The van der Waals surface area contributed by atoms with Crippen molar-refractivity contribution < 1.29 is 9.47 Å². The summed E-state index contributed by atoms with van der Waals surface area (Å²) in [7, 11) is 3.33. The number of ether oxygens (including phenoxy) is 2. The second-order valence-electron chi connectivity index (χ2n) is 3.88. The number of hydrogen-bond donors (Lipinski definition) is 0. The van der Waals surface area contributed by atoms with Gasteiger partial charge in [0.2, 0.25) is 0 Å². The zero-order chi connectivity index (χ0) is 13.7. The monoisotopic (exact) mass is 285 g/mol. The Hall–Kier alpha value is -1.44. The molecule has 2 heterocycles. The summed E-state index contributed by atoms with van der Waals surface area (Å²) in [6.45, 7) is 2.60. The Labute approximate surface area is 116 Å². The van der Waals surface area contributed by atoms with Crippen LogP contribution < -0.4 is 4.90 Å². The summed E-state index contributed by atoms with van der Waals surface area (Å²) in [4.78, 5) is 10.2. The smallest absolute Gasteiger partial charge is 0.255 e. The molecule has 0 radical (unpaired) electrons. The minimum absolute atomic E-state index is 0.385. The normalized spacial score (nSPS) is 11.1. The first-order valence-electron chi connectivity index (χ1n) is 5.85. The van der Waals surface area contributed by atoms with Crippen molar-refractivity contribution in [2.45, 2.75) is 0 Å². The molecule has 0 spiro atoms. The largest absolute Gasteiger partial charge is 0.383 e. The van der Waals surface area contributed by atoms with Crippen molar-refractivity contribution in [1.29, 1.82) is 0 Å². The molecular weight excluding hydrogens is 270 g/mol. The van der Waals surface area contributed by atoms with Gasteiger partial charge in [0.25, 0.3) is 5.78 Å². The zero-order valence-corrected chi connectivity index (χ0v) is 11.7. The number of fused-ring (bicyclic) bond motifs is 1. The molecule has 0 saturated heterocycles. The number of anilines is 1. The average molecular weight is 286 g/mol. The fourth-order valence-electron chi connectivity index (χ4n) is 1.74. The third kappa shape index (κ3) is 3.31. The van der Waals surface area contributed by atoms with Crippen LogP contribution >= 0.6 is 11.6 Å². The predicted molar refractivity (Wildman–Crippen MR) is 71.8 cm³/mol. The van der Waals surface area contributed by atoms with E-state index in [1.807, 2.05) is 0 Å². The molecule has 0 aliphatic rings. The van der Waals surface area contributed by atoms with Crippen LogP contribution in [0, 0.1) is 0 Å². The minimum Gasteiger partial charge on any atom is -0.383 e. The van der Waals surface area contributed by atoms with E-state index < -0.39 is 0 Å². The van der Waals surface area contributed by atoms with Gasteiger partial charge in [-0.05, 0) is 0 Å². The lowest BCUT2D eigenvalue weighted by Crippen LogP contribution is -2.32. The standard InChI is InChI=1S/C11H16ClN5O2/c1-18-5-3-16(4-6-19-2)10-7-9(12)15-11-13-8-14-17(10)11/h7-8H,3-6H2,1-2H3. The maximum Gasteiger partial charge on any atom is 0.255 e. The van der Waals surface area contributed by atoms with Gasteiger partial charge in [-0.1, -0.05) is 11.6 Å². The van der Waals surface area contributed by atoms with E-state index in [4.69, 9.17) is 21.1 Å². The highest BCUT2D eigenvalue weighted by atomic mass is 35.5. The third-order valence-corrected chi connectivity index (χ3v) is 2.85. The number of rotatable bonds is 7. The number of halogens is 1. The molecule has 0 saturated carbocycles. The quantitative estimate of drug-likeness (QED) is 0.704. The molecular formula is C11H16ClN5O2. The topological polar surface area (TPSA) is 64.8 Å². The van der Waals surface area contributed by atoms with Crippen molar-refractivity contribution in [3.05, 3.63) is 17.5 Å². The van der Waals surface area contributed by atoms with Crippen LogP contribution in [0.1, 0.15) is 0 Å². The summed E-state index contributed by atoms with van der Waals surface area (Å²) >= 11 is 6.01. The Kier molecular flexibility index (Phi) is 4.89. The van der Waals surface area contributed by atoms with Crippen LogP contribution in [0.4, 0.5) is 5.82 Å². The summed E-state index contributed by atoms with van der Waals surface area (Å²) in [6, 6.07) is 1.76. The zero-order valence-electron chi connectivity index (χ0n) is 10.9. The molecule has 0 aliphatic heterocycles. The van der Waals surface area contributed by atoms with Crippen LogP contribution in [-0.2, 0) is 9.47 Å². The van der Waals surface area contributed by atoms with Crippen molar-refractivity contribution in [2.75, 3.05) is 45.4 Å². The van der Waals surface area contributed by atoms with Gasteiger partial charge in [0.15, 0.2) is 0 Å². The molecule has 0 aromatic carbocycles. The second kappa shape index (κ2) is 6.65. The Morgan fingerprint density at radius 2 is 1.95 bits per heavy atom. The molecule has 0 atom stereocenters. The summed E-state index contributed by atoms with van der Waals surface area (Å²) in [6.07, 6.45) is 1.45. The third-order valence-electron chi connectivity index (χ3n) is 2.66. The van der Waals surface area contributed by atoms with Crippen molar-refractivity contribution in [2.24, 2.45) is 0 Å². The minimum atomic E-state index is 0.385. The van der Waals surface area contributed by atoms with E-state index in [1.165, 1.54) is 6.33 Å². The molecule has 8 heteroatoms. The summed E-state index contributed by atoms with van der Waals surface area (Å²) < 4.78 is 11.9. The van der Waals surface area contributed by atoms with E-state index in [9.17, 15) is 0 Å². The highest BCUT2D eigenvalue weighted by Gasteiger charge is 2.13. The SMILES string of the molecule is COCCN(CCOC)c1cc(Cl)nc2ncnn12. The Morgan fingerprint density at radius 3 is 2.58 bits per heavy atom. The van der Waals surface area contributed by atoms with E-state index in [-0.39, 0.29) is 0 Å². The van der Waals surface area contributed by atoms with E-state index >= 15 is 0 Å². The maximum absolute atomic E-state index is 6.01. The number of aromatic nitrogens is 4. The molecule has 0 fully saturated rings. The summed E-state index contributed by atoms with van der Waals surface area (Å²) in [5.41, 5.74) is 0. The van der Waals surface area contributed by atoms with Crippen LogP contribution in [-0.4, -0.2) is 60.1 Å². The van der Waals surface area contributed by atoms with E-state index in [1.54, 1.807) is 24.8 Å². The van der Waals surface area contributed by atoms with Crippen molar-refractivity contribution in [3.8, 4) is 0 Å². The van der Waals surface area contributed by atoms with Gasteiger partial charge in [-0.3, -0.25) is 0 Å². The van der Waals surface area contributed by atoms with Crippen LogP contribution in [0.5, 0.6) is 0 Å². The molecule has 0 amide bonds. The van der Waals surface area contributed by atoms with Gasteiger partial charge in [-0.2, -0.15) is 19.6 Å². The first kappa shape index (κ1) is 14.0. The van der Waals surface area contributed by atoms with Gasteiger partial charge in [-0.15, -0.1) is 0 Å². The predicted octanol–water partition coefficient (Wildman–Crippen LogP) is 0.877. The van der Waals surface area contributed by atoms with Gasteiger partial charge in [-0.25, -0.2) is 0 Å². The summed E-state index contributed by atoms with van der Waals surface area (Å²) in [5.74, 6) is 1.30. The van der Waals surface area contributed by atoms with E-state index in [0.717, 1.165) is 5.82 Å². The van der Waals surface area contributed by atoms with Crippen LogP contribution in [0.15, 0.2) is 12.4 Å². The lowest BCUT2D eigenvalue weighted by Gasteiger charge is -2.24. The number of nitrogens with zero attached hydrogens (tertiary/aromatic N) is 5. The summed E-state index contributed by atoms with van der Waals surface area (Å²) in [5, 5.41) is 4.54. The Morgan fingerprint density at radius 1 is 1.26 bits per heavy atom. The lowest BCUT2D eigenvalue weighted by molar-refractivity contribution is 0.190. The average Bonchev–Trinajstić information content (AvgIpc) is 2.86. The van der Waals surface area contributed by atoms with E-state index in [0.29, 0.717) is 37.2 Å². The molecule has 104 valence electrons. The number of hydrogen-bond acceptors (Lipinski definition) is 6. The molecule has 0 bridgehead atoms. The highest BCUT2D eigenvalue weighted by molar-refractivity contribution is 6.29. The fraction of sp³-hybridized carbons (Fsp3) is 0.545. The van der Waals surface area contributed by atoms with Crippen LogP contribution in [0.2, 0.25) is 5.15 Å². The van der Waals surface area contributed by atoms with Gasteiger partial charge >= 0.3 is 0 Å². The molecule has 7 nitrogen and oxygen atoms in total. The molecule has 0 N–H and O–H groups in total. The molecule has 0 aliphatic carbocycles. The fourth-order valence-corrected chi connectivity index (χ4v) is 1.91. The van der Waals surface area contributed by atoms with Gasteiger partial charge < -0.3 is 14.4 Å².